The van der Waals surface area contributed by atoms with E-state index < -0.39 is 54.4 Å². The van der Waals surface area contributed by atoms with Gasteiger partial charge in [0.1, 0.15) is 6.54 Å². The molecular weight excluding hydrogens is 501 g/mol. The van der Waals surface area contributed by atoms with Gasteiger partial charge in [0.05, 0.1) is 18.2 Å². The predicted molar refractivity (Wildman–Crippen MR) is 109 cm³/mol. The van der Waals surface area contributed by atoms with E-state index in [1.54, 1.807) is 0 Å². The highest BCUT2D eigenvalue weighted by molar-refractivity contribution is 6.04. The zero-order chi connectivity index (χ0) is 26.3. The van der Waals surface area contributed by atoms with E-state index in [2.05, 4.69) is 20.3 Å². The molecule has 0 unspecified atom stereocenters. The number of halogens is 7. The van der Waals surface area contributed by atoms with Gasteiger partial charge in [0.2, 0.25) is 5.91 Å². The van der Waals surface area contributed by atoms with Crippen LogP contribution in [0, 0.1) is 5.82 Å². The predicted octanol–water partition coefficient (Wildman–Crippen LogP) is 4.93. The molecule has 0 radical (unpaired) electrons. The molecule has 2 amide bonds. The van der Waals surface area contributed by atoms with Crippen LogP contribution in [-0.4, -0.2) is 46.0 Å². The number of rotatable bonds is 5. The van der Waals surface area contributed by atoms with Crippen LogP contribution in [0.25, 0.3) is 0 Å². The maximum Gasteiger partial charge on any atom is 0.573 e. The third kappa shape index (κ3) is 5.26. The average Bonchev–Trinajstić information content (AvgIpc) is 3.30. The van der Waals surface area contributed by atoms with Crippen LogP contribution >= 0.6 is 0 Å². The number of alkyl halides is 6. The third-order valence-corrected chi connectivity index (χ3v) is 5.36. The fourth-order valence-electron chi connectivity index (χ4n) is 4.04. The Kier molecular flexibility index (Phi) is 6.37. The molecule has 1 aliphatic rings. The molecule has 0 spiro atoms. The molecule has 2 heterocycles. The van der Waals surface area contributed by atoms with Gasteiger partial charge in [-0.15, -0.1) is 13.2 Å². The Morgan fingerprint density at radius 3 is 2.47 bits per heavy atom. The van der Waals surface area contributed by atoms with Gasteiger partial charge in [-0.25, -0.2) is 4.39 Å². The van der Waals surface area contributed by atoms with Crippen molar-refractivity contribution in [1.29, 1.82) is 0 Å². The highest BCUT2D eigenvalue weighted by Crippen LogP contribution is 2.44. The number of aromatic amines is 1. The zero-order valence-electron chi connectivity index (χ0n) is 17.8. The van der Waals surface area contributed by atoms with Gasteiger partial charge in [0, 0.05) is 29.1 Å². The summed E-state index contributed by atoms with van der Waals surface area (Å²) in [5.74, 6) is -5.94. The minimum Gasteiger partial charge on any atom is -0.403 e. The summed E-state index contributed by atoms with van der Waals surface area (Å²) in [6.45, 7) is -1.68. The number of H-pyrrole nitrogens is 1. The molecule has 0 bridgehead atoms. The number of hydrogen-bond acceptors (Lipinski definition) is 4. The summed E-state index contributed by atoms with van der Waals surface area (Å²) >= 11 is 0. The van der Waals surface area contributed by atoms with Crippen LogP contribution in [0.3, 0.4) is 0 Å². The Balaban J connectivity index is 1.77. The lowest BCUT2D eigenvalue weighted by molar-refractivity contribution is -0.275. The van der Waals surface area contributed by atoms with Gasteiger partial charge in [-0.3, -0.25) is 14.7 Å². The minimum absolute atomic E-state index is 0.0856. The van der Waals surface area contributed by atoms with Crippen molar-refractivity contribution < 1.29 is 45.1 Å². The largest absolute Gasteiger partial charge is 0.573 e. The van der Waals surface area contributed by atoms with E-state index in [0.29, 0.717) is 17.0 Å². The van der Waals surface area contributed by atoms with Gasteiger partial charge in [0.15, 0.2) is 11.6 Å². The number of hydrogen-bond donors (Lipinski definition) is 2. The number of amides is 2. The molecule has 0 fully saturated rings. The minimum atomic E-state index is -5.21. The molecule has 2 atom stereocenters. The second kappa shape index (κ2) is 9.17. The molecule has 1 aliphatic heterocycles. The summed E-state index contributed by atoms with van der Waals surface area (Å²) in [7, 11) is 0. The second-order valence-electron chi connectivity index (χ2n) is 7.77. The number of fused-ring (bicyclic) bond motifs is 1. The highest BCUT2D eigenvalue weighted by atomic mass is 19.4. The van der Waals surface area contributed by atoms with Crippen LogP contribution in [0.2, 0.25) is 0 Å². The summed E-state index contributed by atoms with van der Waals surface area (Å²) in [6, 6.07) is 6.23. The van der Waals surface area contributed by atoms with Crippen molar-refractivity contribution in [2.45, 2.75) is 24.5 Å². The Bertz CT molecular complexity index is 1280. The molecule has 1 aromatic heterocycles. The normalized spacial score (nSPS) is 18.1. The zero-order valence-corrected chi connectivity index (χ0v) is 17.8. The molecule has 2 aromatic carbocycles. The van der Waals surface area contributed by atoms with Crippen molar-refractivity contribution in [3.63, 3.8) is 0 Å². The quantitative estimate of drug-likeness (QED) is 0.471. The molecule has 14 heteroatoms. The SMILES string of the molecule is O=C(Nc1ccc(F)c(OC(F)(F)F)c1)[C@@H]1c2ccccc2C(=O)N(CC(F)(F)F)[C@H]1c1cn[nH]c1. The number of nitrogens with zero attached hydrogens (tertiary/aromatic N) is 2. The molecule has 0 saturated carbocycles. The van der Waals surface area contributed by atoms with E-state index >= 15 is 0 Å². The van der Waals surface area contributed by atoms with Gasteiger partial charge in [-0.1, -0.05) is 18.2 Å². The number of anilines is 1. The van der Waals surface area contributed by atoms with Crippen molar-refractivity contribution in [2.24, 2.45) is 0 Å². The molecule has 2 N–H and O–H groups in total. The standard InChI is InChI=1S/C22H15F7N4O3/c23-15-6-5-12(7-16(15)36-22(27,28)29)32-19(34)17-13-3-1-2-4-14(13)20(35)33(10-21(24,25)26)18(17)11-8-30-31-9-11/h1-9,17-18H,10H2,(H,30,31)(H,32,34)/t17-,18+/m1/s1. The first-order valence-electron chi connectivity index (χ1n) is 10.2. The lowest BCUT2D eigenvalue weighted by Gasteiger charge is -2.41. The van der Waals surface area contributed by atoms with E-state index in [4.69, 9.17) is 0 Å². The van der Waals surface area contributed by atoms with Crippen molar-refractivity contribution in [3.05, 3.63) is 77.4 Å². The van der Waals surface area contributed by atoms with Crippen LogP contribution in [0.4, 0.5) is 36.4 Å². The fourth-order valence-corrected chi connectivity index (χ4v) is 4.04. The van der Waals surface area contributed by atoms with Gasteiger partial charge in [0.25, 0.3) is 5.91 Å². The first-order valence-corrected chi connectivity index (χ1v) is 10.2. The Morgan fingerprint density at radius 2 is 1.83 bits per heavy atom. The number of carbonyl (C=O) groups excluding carboxylic acids is 2. The van der Waals surface area contributed by atoms with Gasteiger partial charge < -0.3 is 15.0 Å². The summed E-state index contributed by atoms with van der Waals surface area (Å²) in [6.07, 6.45) is -7.65. The number of carbonyl (C=O) groups is 2. The topological polar surface area (TPSA) is 87.3 Å². The smallest absolute Gasteiger partial charge is 0.403 e. The van der Waals surface area contributed by atoms with Crippen LogP contribution < -0.4 is 10.1 Å². The molecule has 0 aliphatic carbocycles. The molecule has 7 nitrogen and oxygen atoms in total. The molecule has 36 heavy (non-hydrogen) atoms. The van der Waals surface area contributed by atoms with E-state index in [9.17, 15) is 40.3 Å². The number of nitrogens with one attached hydrogen (secondary N) is 2. The van der Waals surface area contributed by atoms with Crippen LogP contribution in [-0.2, 0) is 4.79 Å². The van der Waals surface area contributed by atoms with Gasteiger partial charge in [-0.2, -0.15) is 18.3 Å². The maximum absolute atomic E-state index is 13.8. The van der Waals surface area contributed by atoms with Crippen molar-refractivity contribution >= 4 is 17.5 Å². The summed E-state index contributed by atoms with van der Waals surface area (Å²) < 4.78 is 95.5. The monoisotopic (exact) mass is 516 g/mol. The lowest BCUT2D eigenvalue weighted by Crippen LogP contribution is -2.49. The van der Waals surface area contributed by atoms with Gasteiger partial charge in [-0.05, 0) is 23.8 Å². The van der Waals surface area contributed by atoms with E-state index in [1.165, 1.54) is 30.5 Å². The first-order chi connectivity index (χ1) is 16.8. The van der Waals surface area contributed by atoms with E-state index in [-0.39, 0.29) is 22.4 Å². The third-order valence-electron chi connectivity index (χ3n) is 5.36. The van der Waals surface area contributed by atoms with E-state index in [0.717, 1.165) is 12.3 Å². The van der Waals surface area contributed by atoms with Crippen molar-refractivity contribution in [2.75, 3.05) is 11.9 Å². The second-order valence-corrected chi connectivity index (χ2v) is 7.77. The lowest BCUT2D eigenvalue weighted by atomic mass is 9.79. The van der Waals surface area contributed by atoms with Crippen LogP contribution in [0.5, 0.6) is 5.75 Å². The molecule has 4 rings (SSSR count). The molecule has 0 saturated heterocycles. The van der Waals surface area contributed by atoms with Crippen LogP contribution in [0.15, 0.2) is 54.9 Å². The van der Waals surface area contributed by atoms with Gasteiger partial charge >= 0.3 is 12.5 Å². The summed E-state index contributed by atoms with van der Waals surface area (Å²) in [5.41, 5.74) is -0.286. The van der Waals surface area contributed by atoms with Crippen LogP contribution in [0.1, 0.15) is 33.4 Å². The Hall–Kier alpha value is -4.10. The molecule has 190 valence electrons. The van der Waals surface area contributed by atoms with E-state index in [1.807, 2.05) is 0 Å². The highest BCUT2D eigenvalue weighted by Gasteiger charge is 2.48. The molecule has 3 aromatic rings. The number of aromatic nitrogens is 2. The number of ether oxygens (including phenoxy) is 1. The first kappa shape index (κ1) is 25.0. The van der Waals surface area contributed by atoms with Crippen molar-refractivity contribution in [1.82, 2.24) is 15.1 Å². The summed E-state index contributed by atoms with van der Waals surface area (Å²) in [5, 5.41) is 8.42. The average molecular weight is 516 g/mol. The maximum atomic E-state index is 13.8. The Labute approximate surface area is 197 Å². The van der Waals surface area contributed by atoms with Crippen molar-refractivity contribution in [3.8, 4) is 5.75 Å². The number of benzene rings is 2. The summed E-state index contributed by atoms with van der Waals surface area (Å²) in [4.78, 5) is 26.9. The molecular formula is C22H15F7N4O3. The Morgan fingerprint density at radius 1 is 1.11 bits per heavy atom. The fraction of sp³-hybridized carbons (Fsp3) is 0.227.